The number of hydrogen-bond donors (Lipinski definition) is 0. The van der Waals surface area contributed by atoms with E-state index in [9.17, 15) is 0 Å². The van der Waals surface area contributed by atoms with E-state index in [1.807, 2.05) is 30.5 Å². The first-order valence-electron chi connectivity index (χ1n) is 8.68. The lowest BCUT2D eigenvalue weighted by Gasteiger charge is -2.07. The molecule has 0 aliphatic rings. The van der Waals surface area contributed by atoms with Crippen LogP contribution in [0.4, 0.5) is 0 Å². The van der Waals surface area contributed by atoms with Crippen molar-refractivity contribution in [3.8, 4) is 22.6 Å². The highest BCUT2D eigenvalue weighted by atomic mass is 14.8. The van der Waals surface area contributed by atoms with Gasteiger partial charge in [-0.3, -0.25) is 4.98 Å². The van der Waals surface area contributed by atoms with Crippen LogP contribution in [0.2, 0.25) is 0 Å². The molecule has 2 nitrogen and oxygen atoms in total. The van der Waals surface area contributed by atoms with Crippen molar-refractivity contribution in [3.63, 3.8) is 0 Å². The summed E-state index contributed by atoms with van der Waals surface area (Å²) in [7, 11) is 0. The molecule has 0 saturated carbocycles. The minimum Gasteiger partial charge on any atom is -0.254 e. The molecule has 5 aromatic rings. The van der Waals surface area contributed by atoms with Crippen LogP contribution in [-0.4, -0.2) is 9.97 Å². The molecule has 0 aliphatic heterocycles. The van der Waals surface area contributed by atoms with Crippen LogP contribution in [0, 0.1) is 0 Å². The minimum absolute atomic E-state index is 0.890. The molecule has 122 valence electrons. The Morgan fingerprint density at radius 2 is 1.15 bits per heavy atom. The number of rotatable bonds is 2. The standard InChI is InChI=1S/C24H16N2/c1-2-7-18-14-20(13-12-17(18)6-1)22-10-5-11-23(26-22)24-15-19-8-3-4-9-21(19)16-25-24/h1-16H. The fraction of sp³-hybridized carbons (Fsp3) is 0. The Hall–Kier alpha value is -3.52. The Morgan fingerprint density at radius 1 is 0.462 bits per heavy atom. The smallest absolute Gasteiger partial charge is 0.0893 e. The third kappa shape index (κ3) is 2.62. The molecule has 0 saturated heterocycles. The predicted octanol–water partition coefficient (Wildman–Crippen LogP) is 6.12. The fourth-order valence-corrected chi connectivity index (χ4v) is 3.31. The summed E-state index contributed by atoms with van der Waals surface area (Å²) in [4.78, 5) is 9.46. The van der Waals surface area contributed by atoms with Gasteiger partial charge in [-0.25, -0.2) is 4.98 Å². The molecule has 0 spiro atoms. The van der Waals surface area contributed by atoms with Crippen molar-refractivity contribution in [2.75, 3.05) is 0 Å². The van der Waals surface area contributed by atoms with Gasteiger partial charge in [0.05, 0.1) is 17.1 Å². The molecular formula is C24H16N2. The molecule has 2 aromatic heterocycles. The SMILES string of the molecule is c1cc(-c2ccc3ccccc3c2)nc(-c2cc3ccccc3cn2)c1. The summed E-state index contributed by atoms with van der Waals surface area (Å²) in [5, 5.41) is 4.78. The van der Waals surface area contributed by atoms with Gasteiger partial charge in [-0.15, -0.1) is 0 Å². The summed E-state index contributed by atoms with van der Waals surface area (Å²) >= 11 is 0. The lowest BCUT2D eigenvalue weighted by Crippen LogP contribution is -1.90. The van der Waals surface area contributed by atoms with Gasteiger partial charge < -0.3 is 0 Å². The number of benzene rings is 3. The van der Waals surface area contributed by atoms with Crippen molar-refractivity contribution in [1.82, 2.24) is 9.97 Å². The molecule has 2 heteroatoms. The summed E-state index contributed by atoms with van der Waals surface area (Å²) < 4.78 is 0. The number of nitrogens with zero attached hydrogens (tertiary/aromatic N) is 2. The van der Waals surface area contributed by atoms with Crippen LogP contribution < -0.4 is 0 Å². The van der Waals surface area contributed by atoms with E-state index in [0.717, 1.165) is 28.0 Å². The summed E-state index contributed by atoms with van der Waals surface area (Å²) in [6.07, 6.45) is 1.91. The van der Waals surface area contributed by atoms with Crippen LogP contribution in [-0.2, 0) is 0 Å². The maximum absolute atomic E-state index is 4.86. The molecule has 0 unspecified atom stereocenters. The molecule has 3 aromatic carbocycles. The van der Waals surface area contributed by atoms with E-state index in [4.69, 9.17) is 4.98 Å². The van der Waals surface area contributed by atoms with Gasteiger partial charge in [0.2, 0.25) is 0 Å². The molecule has 0 amide bonds. The van der Waals surface area contributed by atoms with E-state index in [1.54, 1.807) is 0 Å². The van der Waals surface area contributed by atoms with Gasteiger partial charge in [-0.05, 0) is 40.4 Å². The summed E-state index contributed by atoms with van der Waals surface area (Å²) in [5.41, 5.74) is 3.86. The van der Waals surface area contributed by atoms with Gasteiger partial charge in [0, 0.05) is 17.1 Å². The topological polar surface area (TPSA) is 25.8 Å². The van der Waals surface area contributed by atoms with Crippen LogP contribution in [0.15, 0.2) is 97.2 Å². The monoisotopic (exact) mass is 332 g/mol. The Kier molecular flexibility index (Phi) is 3.46. The second-order valence-electron chi connectivity index (χ2n) is 6.39. The zero-order chi connectivity index (χ0) is 17.3. The third-order valence-corrected chi connectivity index (χ3v) is 4.69. The molecule has 5 rings (SSSR count). The van der Waals surface area contributed by atoms with Crippen molar-refractivity contribution >= 4 is 21.5 Å². The Morgan fingerprint density at radius 3 is 2.00 bits per heavy atom. The van der Waals surface area contributed by atoms with E-state index < -0.39 is 0 Å². The second-order valence-corrected chi connectivity index (χ2v) is 6.39. The molecule has 2 heterocycles. The van der Waals surface area contributed by atoms with Crippen molar-refractivity contribution < 1.29 is 0 Å². The third-order valence-electron chi connectivity index (χ3n) is 4.69. The normalized spacial score (nSPS) is 11.1. The Balaban J connectivity index is 1.60. The lowest BCUT2D eigenvalue weighted by molar-refractivity contribution is 1.26. The summed E-state index contributed by atoms with van der Waals surface area (Å²) in [6.45, 7) is 0. The van der Waals surface area contributed by atoms with Crippen molar-refractivity contribution in [3.05, 3.63) is 97.2 Å². The molecule has 0 fully saturated rings. The molecule has 0 atom stereocenters. The van der Waals surface area contributed by atoms with Crippen molar-refractivity contribution in [1.29, 1.82) is 0 Å². The zero-order valence-corrected chi connectivity index (χ0v) is 14.1. The number of hydrogen-bond acceptors (Lipinski definition) is 2. The fourth-order valence-electron chi connectivity index (χ4n) is 3.31. The van der Waals surface area contributed by atoms with Gasteiger partial charge >= 0.3 is 0 Å². The summed E-state index contributed by atoms with van der Waals surface area (Å²) in [6, 6.07) is 31.3. The number of aromatic nitrogens is 2. The molecule has 0 bridgehead atoms. The quantitative estimate of drug-likeness (QED) is 0.389. The van der Waals surface area contributed by atoms with Crippen molar-refractivity contribution in [2.45, 2.75) is 0 Å². The molecule has 0 N–H and O–H groups in total. The minimum atomic E-state index is 0.890. The summed E-state index contributed by atoms with van der Waals surface area (Å²) in [5.74, 6) is 0. The predicted molar refractivity (Wildman–Crippen MR) is 108 cm³/mol. The maximum atomic E-state index is 4.86. The van der Waals surface area contributed by atoms with E-state index in [0.29, 0.717) is 0 Å². The largest absolute Gasteiger partial charge is 0.254 e. The van der Waals surface area contributed by atoms with E-state index in [2.05, 4.69) is 71.7 Å². The van der Waals surface area contributed by atoms with Gasteiger partial charge in [-0.2, -0.15) is 0 Å². The first kappa shape index (κ1) is 14.8. The first-order valence-corrected chi connectivity index (χ1v) is 8.68. The van der Waals surface area contributed by atoms with E-state index in [1.165, 1.54) is 16.2 Å². The highest BCUT2D eigenvalue weighted by Gasteiger charge is 2.06. The Bertz CT molecular complexity index is 1150. The first-order chi connectivity index (χ1) is 12.9. The van der Waals surface area contributed by atoms with Gasteiger partial charge in [0.1, 0.15) is 0 Å². The second kappa shape index (κ2) is 6.08. The van der Waals surface area contributed by atoms with Crippen LogP contribution in [0.3, 0.4) is 0 Å². The average molecular weight is 332 g/mol. The lowest BCUT2D eigenvalue weighted by atomic mass is 10.0. The van der Waals surface area contributed by atoms with Gasteiger partial charge in [-0.1, -0.05) is 66.7 Å². The maximum Gasteiger partial charge on any atom is 0.0893 e. The van der Waals surface area contributed by atoms with Crippen molar-refractivity contribution in [2.24, 2.45) is 0 Å². The number of pyridine rings is 2. The molecular weight excluding hydrogens is 316 g/mol. The van der Waals surface area contributed by atoms with E-state index in [-0.39, 0.29) is 0 Å². The molecule has 0 radical (unpaired) electrons. The van der Waals surface area contributed by atoms with Gasteiger partial charge in [0.15, 0.2) is 0 Å². The highest BCUT2D eigenvalue weighted by molar-refractivity contribution is 5.87. The van der Waals surface area contributed by atoms with E-state index >= 15 is 0 Å². The van der Waals surface area contributed by atoms with Crippen LogP contribution in [0.25, 0.3) is 44.2 Å². The number of fused-ring (bicyclic) bond motifs is 2. The van der Waals surface area contributed by atoms with Crippen LogP contribution in [0.1, 0.15) is 0 Å². The van der Waals surface area contributed by atoms with Crippen LogP contribution in [0.5, 0.6) is 0 Å². The average Bonchev–Trinajstić information content (AvgIpc) is 2.73. The zero-order valence-electron chi connectivity index (χ0n) is 14.1. The van der Waals surface area contributed by atoms with Crippen LogP contribution >= 0.6 is 0 Å². The molecule has 26 heavy (non-hydrogen) atoms. The van der Waals surface area contributed by atoms with Gasteiger partial charge in [0.25, 0.3) is 0 Å². The molecule has 0 aliphatic carbocycles. The highest BCUT2D eigenvalue weighted by Crippen LogP contribution is 2.26. The Labute approximate surface area is 151 Å².